The Balaban J connectivity index is 1.74. The van der Waals surface area contributed by atoms with Gasteiger partial charge in [-0.1, -0.05) is 30.0 Å². The van der Waals surface area contributed by atoms with Gasteiger partial charge in [-0.3, -0.25) is 14.9 Å². The molecule has 2 aromatic rings. The molecule has 1 amide bonds. The third kappa shape index (κ3) is 5.58. The Morgan fingerprint density at radius 2 is 1.83 bits per heavy atom. The maximum Gasteiger partial charge on any atom is 0.340 e. The van der Waals surface area contributed by atoms with Crippen molar-refractivity contribution in [3.05, 3.63) is 64.2 Å². The number of hydrogen-bond donors (Lipinski definition) is 0. The Hall–Kier alpha value is -2.91. The van der Waals surface area contributed by atoms with Crippen molar-refractivity contribution < 1.29 is 24.0 Å². The summed E-state index contributed by atoms with van der Waals surface area (Å²) in [6.07, 6.45) is -0.196. The first-order chi connectivity index (χ1) is 14.3. The van der Waals surface area contributed by atoms with E-state index in [0.717, 1.165) is 4.90 Å². The Morgan fingerprint density at radius 3 is 2.47 bits per heavy atom. The lowest BCUT2D eigenvalue weighted by Crippen LogP contribution is -2.49. The fourth-order valence-corrected chi connectivity index (χ4v) is 4.11. The van der Waals surface area contributed by atoms with Gasteiger partial charge >= 0.3 is 5.97 Å². The van der Waals surface area contributed by atoms with Gasteiger partial charge < -0.3 is 14.4 Å². The highest BCUT2D eigenvalue weighted by molar-refractivity contribution is 7.99. The molecule has 0 saturated carbocycles. The van der Waals surface area contributed by atoms with Crippen LogP contribution in [0.5, 0.6) is 0 Å². The molecule has 1 saturated heterocycles. The van der Waals surface area contributed by atoms with E-state index in [-0.39, 0.29) is 29.4 Å². The molecule has 1 aliphatic heterocycles. The monoisotopic (exact) mass is 430 g/mol. The average molecular weight is 430 g/mol. The lowest BCUT2D eigenvalue weighted by Gasteiger charge is -2.35. The number of carbonyl (C=O) groups excluding carboxylic acids is 2. The van der Waals surface area contributed by atoms with Crippen LogP contribution in [0.15, 0.2) is 58.3 Å². The summed E-state index contributed by atoms with van der Waals surface area (Å²) < 4.78 is 10.8. The third-order valence-electron chi connectivity index (χ3n) is 4.46. The minimum Gasteiger partial charge on any atom is -0.452 e. The van der Waals surface area contributed by atoms with Gasteiger partial charge in [-0.05, 0) is 32.0 Å². The minimum atomic E-state index is -0.778. The van der Waals surface area contributed by atoms with Crippen molar-refractivity contribution in [2.45, 2.75) is 35.8 Å². The number of amides is 1. The summed E-state index contributed by atoms with van der Waals surface area (Å²) in [5.41, 5.74) is -0.170. The molecule has 1 heterocycles. The van der Waals surface area contributed by atoms with Gasteiger partial charge in [0.15, 0.2) is 6.61 Å². The van der Waals surface area contributed by atoms with E-state index in [2.05, 4.69) is 0 Å². The summed E-state index contributed by atoms with van der Waals surface area (Å²) in [4.78, 5) is 38.7. The van der Waals surface area contributed by atoms with Gasteiger partial charge in [0, 0.05) is 35.0 Å². The van der Waals surface area contributed by atoms with Crippen LogP contribution < -0.4 is 0 Å². The van der Waals surface area contributed by atoms with Crippen molar-refractivity contribution in [1.82, 2.24) is 4.90 Å². The summed E-state index contributed by atoms with van der Waals surface area (Å²) in [6.45, 7) is 4.16. The molecule has 0 N–H and O–H groups in total. The molecular formula is C21H22N2O6S. The number of rotatable bonds is 6. The third-order valence-corrected chi connectivity index (χ3v) is 5.55. The molecule has 0 aromatic heterocycles. The normalized spacial score (nSPS) is 18.7. The van der Waals surface area contributed by atoms with Gasteiger partial charge in [-0.2, -0.15) is 0 Å². The van der Waals surface area contributed by atoms with E-state index in [1.54, 1.807) is 4.90 Å². The van der Waals surface area contributed by atoms with Crippen LogP contribution in [0.3, 0.4) is 0 Å². The van der Waals surface area contributed by atoms with Crippen LogP contribution in [-0.4, -0.2) is 53.6 Å². The standard InChI is InChI=1S/C21H22N2O6S/c1-14-11-22(12-15(2)29-14)20(24)13-28-21(25)18-10-16(23(26)27)8-9-19(18)30-17-6-4-3-5-7-17/h3-10,14-15H,11-13H2,1-2H3/t14-,15+. The largest absolute Gasteiger partial charge is 0.452 e. The molecule has 2 aromatic carbocycles. The van der Waals surface area contributed by atoms with Crippen LogP contribution >= 0.6 is 11.8 Å². The lowest BCUT2D eigenvalue weighted by molar-refractivity contribution is -0.384. The van der Waals surface area contributed by atoms with E-state index in [4.69, 9.17) is 9.47 Å². The summed E-state index contributed by atoms with van der Waals surface area (Å²) in [5.74, 6) is -1.10. The van der Waals surface area contributed by atoms with Crippen LogP contribution in [0, 0.1) is 10.1 Å². The number of carbonyl (C=O) groups is 2. The summed E-state index contributed by atoms with van der Waals surface area (Å²) in [7, 11) is 0. The Kier molecular flexibility index (Phi) is 7.07. The predicted molar refractivity (Wildman–Crippen MR) is 111 cm³/mol. The minimum absolute atomic E-state index is 0.0505. The Labute approximate surface area is 178 Å². The van der Waals surface area contributed by atoms with Crippen molar-refractivity contribution in [3.8, 4) is 0 Å². The second kappa shape index (κ2) is 9.73. The summed E-state index contributed by atoms with van der Waals surface area (Å²) in [5, 5.41) is 11.2. The quantitative estimate of drug-likeness (QED) is 0.393. The van der Waals surface area contributed by atoms with Gasteiger partial charge in [-0.25, -0.2) is 4.79 Å². The number of ether oxygens (including phenoxy) is 2. The number of nitrogens with zero attached hydrogens (tertiary/aromatic N) is 2. The summed E-state index contributed by atoms with van der Waals surface area (Å²) >= 11 is 1.29. The SMILES string of the molecule is C[C@@H]1CN(C(=O)COC(=O)c2cc([N+](=O)[O-])ccc2Sc2ccccc2)C[C@H](C)O1. The van der Waals surface area contributed by atoms with E-state index in [0.29, 0.717) is 18.0 Å². The van der Waals surface area contributed by atoms with E-state index in [1.165, 1.54) is 30.0 Å². The molecule has 8 nitrogen and oxygen atoms in total. The number of nitro groups is 1. The number of hydrogen-bond acceptors (Lipinski definition) is 7. The maximum atomic E-state index is 12.7. The van der Waals surface area contributed by atoms with Crippen LogP contribution in [-0.2, 0) is 14.3 Å². The van der Waals surface area contributed by atoms with Crippen LogP contribution in [0.4, 0.5) is 5.69 Å². The smallest absolute Gasteiger partial charge is 0.340 e. The first kappa shape index (κ1) is 21.8. The second-order valence-corrected chi connectivity index (χ2v) is 8.10. The number of non-ortho nitro benzene ring substituents is 1. The van der Waals surface area contributed by atoms with Crippen LogP contribution in [0.25, 0.3) is 0 Å². The maximum absolute atomic E-state index is 12.7. The zero-order valence-corrected chi connectivity index (χ0v) is 17.5. The molecule has 0 unspecified atom stereocenters. The number of benzene rings is 2. The zero-order chi connectivity index (χ0) is 21.7. The van der Waals surface area contributed by atoms with Crippen LogP contribution in [0.1, 0.15) is 24.2 Å². The highest BCUT2D eigenvalue weighted by atomic mass is 32.2. The molecule has 9 heteroatoms. The summed E-state index contributed by atoms with van der Waals surface area (Å²) in [6, 6.07) is 13.3. The molecular weight excluding hydrogens is 408 g/mol. The topological polar surface area (TPSA) is 99.0 Å². The van der Waals surface area contributed by atoms with E-state index in [9.17, 15) is 19.7 Å². The number of nitro benzene ring substituents is 1. The van der Waals surface area contributed by atoms with Gasteiger partial charge in [0.1, 0.15) is 0 Å². The molecule has 0 aliphatic carbocycles. The predicted octanol–water partition coefficient (Wildman–Crippen LogP) is 3.54. The molecule has 158 valence electrons. The average Bonchev–Trinajstić information content (AvgIpc) is 2.72. The van der Waals surface area contributed by atoms with Crippen molar-refractivity contribution >= 4 is 29.3 Å². The molecule has 0 spiro atoms. The lowest BCUT2D eigenvalue weighted by atomic mass is 10.2. The number of esters is 1. The molecule has 3 rings (SSSR count). The Morgan fingerprint density at radius 1 is 1.17 bits per heavy atom. The Bertz CT molecular complexity index is 926. The zero-order valence-electron chi connectivity index (χ0n) is 16.6. The van der Waals surface area contributed by atoms with E-state index < -0.39 is 17.5 Å². The highest BCUT2D eigenvalue weighted by Gasteiger charge is 2.27. The van der Waals surface area contributed by atoms with Crippen molar-refractivity contribution in [2.24, 2.45) is 0 Å². The second-order valence-electron chi connectivity index (χ2n) is 6.98. The number of morpholine rings is 1. The van der Waals surface area contributed by atoms with Gasteiger partial charge in [-0.15, -0.1) is 0 Å². The van der Waals surface area contributed by atoms with Gasteiger partial charge in [0.05, 0.1) is 22.7 Å². The fraction of sp³-hybridized carbons (Fsp3) is 0.333. The fourth-order valence-electron chi connectivity index (χ4n) is 3.17. The molecule has 0 radical (unpaired) electrons. The molecule has 1 aliphatic rings. The first-order valence-corrected chi connectivity index (χ1v) is 10.3. The van der Waals surface area contributed by atoms with E-state index >= 15 is 0 Å². The van der Waals surface area contributed by atoms with Crippen LogP contribution in [0.2, 0.25) is 0 Å². The molecule has 2 atom stereocenters. The van der Waals surface area contributed by atoms with Gasteiger partial charge in [0.25, 0.3) is 11.6 Å². The van der Waals surface area contributed by atoms with Gasteiger partial charge in [0.2, 0.25) is 0 Å². The van der Waals surface area contributed by atoms with Crippen molar-refractivity contribution in [3.63, 3.8) is 0 Å². The molecule has 1 fully saturated rings. The molecule has 0 bridgehead atoms. The molecule has 30 heavy (non-hydrogen) atoms. The first-order valence-electron chi connectivity index (χ1n) is 9.45. The van der Waals surface area contributed by atoms with E-state index in [1.807, 2.05) is 44.2 Å². The van der Waals surface area contributed by atoms with Crippen molar-refractivity contribution in [2.75, 3.05) is 19.7 Å². The van der Waals surface area contributed by atoms with Crippen molar-refractivity contribution in [1.29, 1.82) is 0 Å². The highest BCUT2D eigenvalue weighted by Crippen LogP contribution is 2.33.